The van der Waals surface area contributed by atoms with Gasteiger partial charge >= 0.3 is 5.97 Å². The van der Waals surface area contributed by atoms with Crippen LogP contribution in [0.15, 0.2) is 18.3 Å². The lowest BCUT2D eigenvalue weighted by atomic mass is 10.2. The van der Waals surface area contributed by atoms with Gasteiger partial charge in [-0.15, -0.1) is 0 Å². The summed E-state index contributed by atoms with van der Waals surface area (Å²) in [5.41, 5.74) is 2.74. The van der Waals surface area contributed by atoms with Gasteiger partial charge in [0.25, 0.3) is 5.91 Å². The first-order valence-electron chi connectivity index (χ1n) is 6.45. The number of nitrogens with one attached hydrogen (secondary N) is 1. The van der Waals surface area contributed by atoms with Crippen molar-refractivity contribution in [1.29, 1.82) is 0 Å². The SMILES string of the molecule is CCc1nc2ccc(C)cn2c1C(=O)NC(C)C(=O)O. The molecular weight excluding hydrogens is 258 g/mol. The molecule has 106 valence electrons. The molecule has 0 saturated carbocycles. The van der Waals surface area contributed by atoms with Gasteiger partial charge in [0.1, 0.15) is 17.4 Å². The van der Waals surface area contributed by atoms with Crippen LogP contribution in [-0.2, 0) is 11.2 Å². The van der Waals surface area contributed by atoms with Gasteiger partial charge in [-0.1, -0.05) is 13.0 Å². The second-order valence-electron chi connectivity index (χ2n) is 4.73. The Morgan fingerprint density at radius 1 is 1.45 bits per heavy atom. The lowest BCUT2D eigenvalue weighted by molar-refractivity contribution is -0.138. The standard InChI is InChI=1S/C14H17N3O3/c1-4-10-12(13(18)15-9(3)14(19)20)17-7-8(2)5-6-11(17)16-10/h5-7,9H,4H2,1-3H3,(H,15,18)(H,19,20). The first-order valence-corrected chi connectivity index (χ1v) is 6.45. The summed E-state index contributed by atoms with van der Waals surface area (Å²) in [7, 11) is 0. The minimum Gasteiger partial charge on any atom is -0.480 e. The maximum Gasteiger partial charge on any atom is 0.325 e. The van der Waals surface area contributed by atoms with Crippen molar-refractivity contribution >= 4 is 17.5 Å². The second kappa shape index (κ2) is 5.32. The number of imidazole rings is 1. The van der Waals surface area contributed by atoms with Gasteiger partial charge in [0.05, 0.1) is 5.69 Å². The molecule has 0 fully saturated rings. The quantitative estimate of drug-likeness (QED) is 0.883. The topological polar surface area (TPSA) is 83.7 Å². The molecule has 1 amide bonds. The fourth-order valence-corrected chi connectivity index (χ4v) is 2.01. The highest BCUT2D eigenvalue weighted by Crippen LogP contribution is 2.15. The van der Waals surface area contributed by atoms with E-state index in [0.29, 0.717) is 23.5 Å². The molecule has 0 saturated heterocycles. The highest BCUT2D eigenvalue weighted by atomic mass is 16.4. The van der Waals surface area contributed by atoms with Crippen LogP contribution in [0, 0.1) is 6.92 Å². The number of carbonyl (C=O) groups is 2. The molecule has 1 atom stereocenters. The average Bonchev–Trinajstić information content (AvgIpc) is 2.75. The number of carbonyl (C=O) groups excluding carboxylic acids is 1. The van der Waals surface area contributed by atoms with Crippen molar-refractivity contribution in [3.05, 3.63) is 35.3 Å². The predicted octanol–water partition coefficient (Wildman–Crippen LogP) is 1.41. The van der Waals surface area contributed by atoms with Gasteiger partial charge in [-0.3, -0.25) is 14.0 Å². The molecular formula is C14H17N3O3. The number of carboxylic acid groups (broad SMARTS) is 1. The maximum absolute atomic E-state index is 12.3. The van der Waals surface area contributed by atoms with Crippen LogP contribution in [0.4, 0.5) is 0 Å². The summed E-state index contributed by atoms with van der Waals surface area (Å²) < 4.78 is 1.71. The van der Waals surface area contributed by atoms with Crippen molar-refractivity contribution in [3.8, 4) is 0 Å². The first-order chi connectivity index (χ1) is 9.43. The number of fused-ring (bicyclic) bond motifs is 1. The van der Waals surface area contributed by atoms with E-state index in [0.717, 1.165) is 5.56 Å². The summed E-state index contributed by atoms with van der Waals surface area (Å²) in [6, 6.07) is 2.82. The summed E-state index contributed by atoms with van der Waals surface area (Å²) in [6.45, 7) is 5.26. The van der Waals surface area contributed by atoms with Gasteiger partial charge in [0.15, 0.2) is 0 Å². The number of aliphatic carboxylic acids is 1. The Bertz CT molecular complexity index is 676. The van der Waals surface area contributed by atoms with Crippen LogP contribution in [0.2, 0.25) is 0 Å². The Morgan fingerprint density at radius 3 is 2.75 bits per heavy atom. The smallest absolute Gasteiger partial charge is 0.325 e. The zero-order chi connectivity index (χ0) is 14.9. The van der Waals surface area contributed by atoms with E-state index in [1.165, 1.54) is 6.92 Å². The normalized spacial score (nSPS) is 12.3. The van der Waals surface area contributed by atoms with Crippen molar-refractivity contribution in [2.75, 3.05) is 0 Å². The summed E-state index contributed by atoms with van der Waals surface area (Å²) in [4.78, 5) is 27.5. The van der Waals surface area contributed by atoms with Crippen LogP contribution < -0.4 is 5.32 Å². The number of aryl methyl sites for hydroxylation is 2. The van der Waals surface area contributed by atoms with E-state index in [9.17, 15) is 9.59 Å². The van der Waals surface area contributed by atoms with E-state index < -0.39 is 17.9 Å². The van der Waals surface area contributed by atoms with Crippen molar-refractivity contribution in [2.24, 2.45) is 0 Å². The minimum absolute atomic E-state index is 0.402. The number of nitrogens with zero attached hydrogens (tertiary/aromatic N) is 2. The summed E-state index contributed by atoms with van der Waals surface area (Å²) in [5, 5.41) is 11.3. The molecule has 2 heterocycles. The van der Waals surface area contributed by atoms with E-state index >= 15 is 0 Å². The predicted molar refractivity (Wildman–Crippen MR) is 73.9 cm³/mol. The van der Waals surface area contributed by atoms with Gasteiger partial charge < -0.3 is 10.4 Å². The molecule has 0 aliphatic carbocycles. The molecule has 0 aliphatic rings. The number of carboxylic acids is 1. The van der Waals surface area contributed by atoms with Crippen LogP contribution >= 0.6 is 0 Å². The molecule has 6 heteroatoms. The van der Waals surface area contributed by atoms with E-state index in [1.807, 2.05) is 32.2 Å². The number of amides is 1. The molecule has 2 rings (SSSR count). The van der Waals surface area contributed by atoms with Gasteiger partial charge in [-0.25, -0.2) is 4.98 Å². The lowest BCUT2D eigenvalue weighted by Crippen LogP contribution is -2.39. The molecule has 2 aromatic rings. The average molecular weight is 275 g/mol. The Labute approximate surface area is 116 Å². The van der Waals surface area contributed by atoms with Gasteiger partial charge in [-0.05, 0) is 31.9 Å². The van der Waals surface area contributed by atoms with Crippen LogP contribution in [0.5, 0.6) is 0 Å². The van der Waals surface area contributed by atoms with E-state index in [1.54, 1.807) is 4.40 Å². The van der Waals surface area contributed by atoms with Crippen molar-refractivity contribution in [2.45, 2.75) is 33.2 Å². The molecule has 1 unspecified atom stereocenters. The third kappa shape index (κ3) is 2.49. The third-order valence-electron chi connectivity index (χ3n) is 3.11. The number of pyridine rings is 1. The number of hydrogen-bond donors (Lipinski definition) is 2. The Balaban J connectivity index is 2.48. The molecule has 0 aliphatic heterocycles. The summed E-state index contributed by atoms with van der Waals surface area (Å²) >= 11 is 0. The molecule has 0 aromatic carbocycles. The van der Waals surface area contributed by atoms with Gasteiger partial charge in [-0.2, -0.15) is 0 Å². The number of rotatable bonds is 4. The van der Waals surface area contributed by atoms with Crippen LogP contribution in [0.3, 0.4) is 0 Å². The Morgan fingerprint density at radius 2 is 2.15 bits per heavy atom. The highest BCUT2D eigenvalue weighted by Gasteiger charge is 2.21. The lowest BCUT2D eigenvalue weighted by Gasteiger charge is -2.10. The van der Waals surface area contributed by atoms with Gasteiger partial charge in [0, 0.05) is 6.20 Å². The molecule has 2 aromatic heterocycles. The number of hydrogen-bond acceptors (Lipinski definition) is 3. The molecule has 0 spiro atoms. The zero-order valence-corrected chi connectivity index (χ0v) is 11.7. The van der Waals surface area contributed by atoms with Crippen LogP contribution in [0.25, 0.3) is 5.65 Å². The molecule has 0 radical (unpaired) electrons. The highest BCUT2D eigenvalue weighted by molar-refractivity contribution is 5.97. The molecule has 2 N–H and O–H groups in total. The van der Waals surface area contributed by atoms with E-state index in [4.69, 9.17) is 5.11 Å². The fraction of sp³-hybridized carbons (Fsp3) is 0.357. The summed E-state index contributed by atoms with van der Waals surface area (Å²) in [6.07, 6.45) is 2.42. The van der Waals surface area contributed by atoms with E-state index in [-0.39, 0.29) is 0 Å². The largest absolute Gasteiger partial charge is 0.480 e. The van der Waals surface area contributed by atoms with Crippen molar-refractivity contribution in [1.82, 2.24) is 14.7 Å². The minimum atomic E-state index is -1.07. The molecule has 0 bridgehead atoms. The van der Waals surface area contributed by atoms with E-state index in [2.05, 4.69) is 10.3 Å². The summed E-state index contributed by atoms with van der Waals surface area (Å²) in [5.74, 6) is -1.49. The van der Waals surface area contributed by atoms with Crippen molar-refractivity contribution < 1.29 is 14.7 Å². The zero-order valence-electron chi connectivity index (χ0n) is 11.7. The fourth-order valence-electron chi connectivity index (χ4n) is 2.01. The van der Waals surface area contributed by atoms with Crippen LogP contribution in [0.1, 0.15) is 35.6 Å². The third-order valence-corrected chi connectivity index (χ3v) is 3.11. The molecule has 6 nitrogen and oxygen atoms in total. The van der Waals surface area contributed by atoms with Crippen molar-refractivity contribution in [3.63, 3.8) is 0 Å². The molecule has 20 heavy (non-hydrogen) atoms. The second-order valence-corrected chi connectivity index (χ2v) is 4.73. The van der Waals surface area contributed by atoms with Gasteiger partial charge in [0.2, 0.25) is 0 Å². The maximum atomic E-state index is 12.3. The number of aromatic nitrogens is 2. The monoisotopic (exact) mass is 275 g/mol. The Kier molecular flexibility index (Phi) is 3.74. The first kappa shape index (κ1) is 14.0. The Hall–Kier alpha value is -2.37. The van der Waals surface area contributed by atoms with Crippen LogP contribution in [-0.4, -0.2) is 32.4 Å².